The molecule has 2 rings (SSSR count). The first-order chi connectivity index (χ1) is 11.7. The summed E-state index contributed by atoms with van der Waals surface area (Å²) in [6.45, 7) is 6.65. The summed E-state index contributed by atoms with van der Waals surface area (Å²) in [5.74, 6) is 0.686. The van der Waals surface area contributed by atoms with E-state index in [-0.39, 0.29) is 35.4 Å². The number of aliphatic imine (C=N–C) groups is 1. The fraction of sp³-hybridized carbons (Fsp3) is 0.579. The highest BCUT2D eigenvalue weighted by Crippen LogP contribution is 2.48. The average molecular weight is 459 g/mol. The van der Waals surface area contributed by atoms with Gasteiger partial charge in [-0.25, -0.2) is 0 Å². The molecule has 0 heterocycles. The molecule has 1 saturated carbocycles. The van der Waals surface area contributed by atoms with Gasteiger partial charge in [-0.3, -0.25) is 9.79 Å². The van der Waals surface area contributed by atoms with Gasteiger partial charge in [0.2, 0.25) is 0 Å². The lowest BCUT2D eigenvalue weighted by molar-refractivity contribution is -0.143. The summed E-state index contributed by atoms with van der Waals surface area (Å²) in [6.07, 6.45) is 3.58. The molecule has 0 aliphatic heterocycles. The van der Waals surface area contributed by atoms with Crippen molar-refractivity contribution in [2.75, 3.05) is 26.2 Å². The predicted octanol–water partition coefficient (Wildman–Crippen LogP) is 3.23. The molecule has 1 aliphatic rings. The average Bonchev–Trinajstić information content (AvgIpc) is 3.39. The van der Waals surface area contributed by atoms with Crippen LogP contribution in [0.25, 0.3) is 0 Å². The zero-order valence-electron chi connectivity index (χ0n) is 15.2. The van der Waals surface area contributed by atoms with Crippen LogP contribution >= 0.6 is 24.0 Å². The highest BCUT2D eigenvalue weighted by atomic mass is 127. The van der Waals surface area contributed by atoms with Crippen molar-refractivity contribution >= 4 is 35.9 Å². The minimum atomic E-state index is -0.137. The fourth-order valence-electron chi connectivity index (χ4n) is 2.73. The third-order valence-corrected chi connectivity index (χ3v) is 4.28. The number of carbonyl (C=O) groups excluding carboxylic acids is 1. The normalized spacial score (nSPS) is 15.0. The van der Waals surface area contributed by atoms with Crippen LogP contribution < -0.4 is 10.6 Å². The first kappa shape index (κ1) is 21.7. The number of rotatable bonds is 9. The van der Waals surface area contributed by atoms with Gasteiger partial charge in [0.05, 0.1) is 13.2 Å². The van der Waals surface area contributed by atoms with Gasteiger partial charge in [-0.1, -0.05) is 30.3 Å². The Morgan fingerprint density at radius 1 is 1.20 bits per heavy atom. The van der Waals surface area contributed by atoms with Gasteiger partial charge >= 0.3 is 5.97 Å². The van der Waals surface area contributed by atoms with Gasteiger partial charge in [-0.15, -0.1) is 24.0 Å². The molecule has 0 aromatic heterocycles. The number of halogens is 1. The Morgan fingerprint density at radius 3 is 2.52 bits per heavy atom. The van der Waals surface area contributed by atoms with Crippen LogP contribution in [-0.4, -0.2) is 38.2 Å². The van der Waals surface area contributed by atoms with Gasteiger partial charge in [0.15, 0.2) is 5.96 Å². The Bertz CT molecular complexity index is 545. The van der Waals surface area contributed by atoms with E-state index in [0.717, 1.165) is 25.5 Å². The summed E-state index contributed by atoms with van der Waals surface area (Å²) in [5, 5.41) is 6.57. The molecule has 0 bridgehead atoms. The number of ether oxygens (including phenoxy) is 1. The van der Waals surface area contributed by atoms with E-state index < -0.39 is 0 Å². The Hall–Kier alpha value is -1.31. The number of hydrogen-bond donors (Lipinski definition) is 2. The Kier molecular flexibility index (Phi) is 9.85. The molecule has 0 saturated heterocycles. The summed E-state index contributed by atoms with van der Waals surface area (Å²) < 4.78 is 4.93. The SMILES string of the molecule is CCNC(=NCC1(c2ccccc2)CC1)NCCCC(=O)OCC.I. The molecule has 0 unspecified atom stereocenters. The standard InChI is InChI=1S/C19H29N3O2.HI/c1-3-20-18(21-14-8-11-17(23)24-4-2)22-15-19(12-13-19)16-9-6-5-7-10-16;/h5-7,9-10H,3-4,8,11-15H2,1-2H3,(H2,20,21,22);1H. The second-order valence-electron chi connectivity index (χ2n) is 6.18. The molecule has 0 amide bonds. The van der Waals surface area contributed by atoms with Crippen molar-refractivity contribution in [3.8, 4) is 0 Å². The van der Waals surface area contributed by atoms with Crippen LogP contribution in [0.2, 0.25) is 0 Å². The van der Waals surface area contributed by atoms with Crippen molar-refractivity contribution in [1.29, 1.82) is 0 Å². The molecule has 0 radical (unpaired) electrons. The fourth-order valence-corrected chi connectivity index (χ4v) is 2.73. The van der Waals surface area contributed by atoms with Crippen LogP contribution in [0.5, 0.6) is 0 Å². The second-order valence-corrected chi connectivity index (χ2v) is 6.18. The zero-order chi connectivity index (χ0) is 17.3. The number of carbonyl (C=O) groups is 1. The Labute approximate surface area is 168 Å². The minimum absolute atomic E-state index is 0. The number of nitrogens with one attached hydrogen (secondary N) is 2. The minimum Gasteiger partial charge on any atom is -0.466 e. The summed E-state index contributed by atoms with van der Waals surface area (Å²) in [6, 6.07) is 10.6. The van der Waals surface area contributed by atoms with Crippen LogP contribution in [0.4, 0.5) is 0 Å². The van der Waals surface area contributed by atoms with E-state index in [1.165, 1.54) is 18.4 Å². The van der Waals surface area contributed by atoms with E-state index >= 15 is 0 Å². The summed E-state index contributed by atoms with van der Waals surface area (Å²) in [7, 11) is 0. The molecule has 1 aliphatic carbocycles. The van der Waals surface area contributed by atoms with E-state index in [4.69, 9.17) is 9.73 Å². The van der Waals surface area contributed by atoms with Crippen molar-refractivity contribution < 1.29 is 9.53 Å². The Morgan fingerprint density at radius 2 is 1.92 bits per heavy atom. The molecular weight excluding hydrogens is 429 g/mol. The molecule has 1 aromatic rings. The van der Waals surface area contributed by atoms with Crippen molar-refractivity contribution in [2.45, 2.75) is 44.9 Å². The quantitative estimate of drug-likeness (QED) is 0.196. The molecule has 6 heteroatoms. The smallest absolute Gasteiger partial charge is 0.305 e. The van der Waals surface area contributed by atoms with E-state index in [1.54, 1.807) is 0 Å². The summed E-state index contributed by atoms with van der Waals surface area (Å²) in [4.78, 5) is 16.1. The van der Waals surface area contributed by atoms with Gasteiger partial charge in [0, 0.05) is 24.9 Å². The zero-order valence-corrected chi connectivity index (χ0v) is 17.5. The number of benzene rings is 1. The molecule has 1 fully saturated rings. The molecule has 0 atom stereocenters. The van der Waals surface area contributed by atoms with E-state index in [9.17, 15) is 4.79 Å². The monoisotopic (exact) mass is 459 g/mol. The molecule has 2 N–H and O–H groups in total. The lowest BCUT2D eigenvalue weighted by Gasteiger charge is -2.16. The lowest BCUT2D eigenvalue weighted by atomic mass is 9.96. The van der Waals surface area contributed by atoms with Crippen molar-refractivity contribution in [3.63, 3.8) is 0 Å². The first-order valence-electron chi connectivity index (χ1n) is 8.93. The molecule has 0 spiro atoms. The predicted molar refractivity (Wildman–Crippen MR) is 113 cm³/mol. The highest BCUT2D eigenvalue weighted by molar-refractivity contribution is 14.0. The molecule has 1 aromatic carbocycles. The number of esters is 1. The van der Waals surface area contributed by atoms with Gasteiger partial charge in [0.1, 0.15) is 0 Å². The van der Waals surface area contributed by atoms with E-state index in [1.807, 2.05) is 6.92 Å². The van der Waals surface area contributed by atoms with Crippen LogP contribution in [0, 0.1) is 0 Å². The van der Waals surface area contributed by atoms with Crippen LogP contribution in [0.3, 0.4) is 0 Å². The summed E-state index contributed by atoms with van der Waals surface area (Å²) >= 11 is 0. The largest absolute Gasteiger partial charge is 0.466 e. The lowest BCUT2D eigenvalue weighted by Crippen LogP contribution is -2.38. The van der Waals surface area contributed by atoms with Crippen molar-refractivity contribution in [3.05, 3.63) is 35.9 Å². The second kappa shape index (κ2) is 11.3. The van der Waals surface area contributed by atoms with Crippen LogP contribution in [0.15, 0.2) is 35.3 Å². The van der Waals surface area contributed by atoms with Crippen molar-refractivity contribution in [1.82, 2.24) is 10.6 Å². The maximum absolute atomic E-state index is 11.3. The molecule has 25 heavy (non-hydrogen) atoms. The maximum Gasteiger partial charge on any atom is 0.305 e. The molecule has 5 nitrogen and oxygen atoms in total. The van der Waals surface area contributed by atoms with E-state index in [0.29, 0.717) is 19.6 Å². The van der Waals surface area contributed by atoms with Gasteiger partial charge in [-0.05, 0) is 38.7 Å². The van der Waals surface area contributed by atoms with Crippen LogP contribution in [0.1, 0.15) is 45.1 Å². The van der Waals surface area contributed by atoms with Gasteiger partial charge in [0.25, 0.3) is 0 Å². The first-order valence-corrected chi connectivity index (χ1v) is 8.93. The number of guanidine groups is 1. The van der Waals surface area contributed by atoms with E-state index in [2.05, 4.69) is 47.9 Å². The molecule has 140 valence electrons. The van der Waals surface area contributed by atoms with Crippen LogP contribution in [-0.2, 0) is 14.9 Å². The number of hydrogen-bond acceptors (Lipinski definition) is 3. The maximum atomic E-state index is 11.3. The van der Waals surface area contributed by atoms with Gasteiger partial charge in [-0.2, -0.15) is 0 Å². The van der Waals surface area contributed by atoms with Crippen molar-refractivity contribution in [2.24, 2.45) is 4.99 Å². The van der Waals surface area contributed by atoms with Gasteiger partial charge < -0.3 is 15.4 Å². The highest BCUT2D eigenvalue weighted by Gasteiger charge is 2.43. The Balaban J connectivity index is 0.00000312. The molecular formula is C19H30IN3O2. The third kappa shape index (κ3) is 7.22. The topological polar surface area (TPSA) is 62.7 Å². The third-order valence-electron chi connectivity index (χ3n) is 4.28. The number of nitrogens with zero attached hydrogens (tertiary/aromatic N) is 1. The summed E-state index contributed by atoms with van der Waals surface area (Å²) in [5.41, 5.74) is 1.60.